The molecule has 0 aromatic carbocycles. The van der Waals surface area contributed by atoms with Gasteiger partial charge in [-0.2, -0.15) is 5.10 Å². The van der Waals surface area contributed by atoms with E-state index in [9.17, 15) is 0 Å². The minimum atomic E-state index is 0.592. The third-order valence-electron chi connectivity index (χ3n) is 4.88. The third-order valence-corrected chi connectivity index (χ3v) is 5.11. The summed E-state index contributed by atoms with van der Waals surface area (Å²) >= 11 is 5.35. The Morgan fingerprint density at radius 1 is 1.35 bits per heavy atom. The second-order valence-corrected chi connectivity index (χ2v) is 7.57. The van der Waals surface area contributed by atoms with Crippen LogP contribution in [0.4, 0.5) is 0 Å². The van der Waals surface area contributed by atoms with Gasteiger partial charge in [0, 0.05) is 37.8 Å². The first-order valence-corrected chi connectivity index (χ1v) is 9.37. The van der Waals surface area contributed by atoms with Crippen LogP contribution >= 0.6 is 12.2 Å². The molecule has 2 N–H and O–H groups in total. The summed E-state index contributed by atoms with van der Waals surface area (Å²) in [5, 5.41) is 8.52. The number of hydrogen-bond donors (Lipinski definition) is 2. The Kier molecular flexibility index (Phi) is 7.73. The molecular weight excluding hydrogens is 308 g/mol. The first-order chi connectivity index (χ1) is 11.1. The molecule has 2 fully saturated rings. The molecule has 0 bridgehead atoms. The first kappa shape index (κ1) is 18.6. The lowest BCUT2D eigenvalue weighted by molar-refractivity contribution is 0.0389. The normalized spacial score (nSPS) is 28.1. The summed E-state index contributed by atoms with van der Waals surface area (Å²) in [6.07, 6.45) is 3.65. The zero-order valence-electron chi connectivity index (χ0n) is 14.8. The molecule has 23 heavy (non-hydrogen) atoms. The Labute approximate surface area is 146 Å². The third kappa shape index (κ3) is 6.36. The van der Waals surface area contributed by atoms with Gasteiger partial charge in [0.25, 0.3) is 0 Å². The second kappa shape index (κ2) is 9.55. The summed E-state index contributed by atoms with van der Waals surface area (Å²) in [4.78, 5) is 2.39. The van der Waals surface area contributed by atoms with E-state index in [1.807, 2.05) is 0 Å². The molecule has 132 valence electrons. The monoisotopic (exact) mass is 340 g/mol. The van der Waals surface area contributed by atoms with Crippen molar-refractivity contribution >= 4 is 23.0 Å². The van der Waals surface area contributed by atoms with Crippen LogP contribution in [0.5, 0.6) is 0 Å². The van der Waals surface area contributed by atoms with E-state index >= 15 is 0 Å². The van der Waals surface area contributed by atoms with Crippen LogP contribution in [0, 0.1) is 17.8 Å². The van der Waals surface area contributed by atoms with Crippen molar-refractivity contribution in [3.8, 4) is 0 Å². The SMILES string of the molecule is CC(C)[C@@H]1CC[C@H](C)C/C1=N/NC(=S)NCCN1CCOCC1. The summed E-state index contributed by atoms with van der Waals surface area (Å²) in [7, 11) is 0. The van der Waals surface area contributed by atoms with Crippen molar-refractivity contribution < 1.29 is 4.74 Å². The second-order valence-electron chi connectivity index (χ2n) is 7.16. The average Bonchev–Trinajstić information content (AvgIpc) is 2.53. The largest absolute Gasteiger partial charge is 0.379 e. The molecule has 6 heteroatoms. The molecule has 1 heterocycles. The molecule has 2 aliphatic rings. The Hall–Kier alpha value is -0.720. The van der Waals surface area contributed by atoms with Gasteiger partial charge in [0.1, 0.15) is 0 Å². The van der Waals surface area contributed by atoms with Gasteiger partial charge >= 0.3 is 0 Å². The van der Waals surface area contributed by atoms with Crippen LogP contribution in [-0.4, -0.2) is 55.1 Å². The molecule has 2 atom stereocenters. The van der Waals surface area contributed by atoms with E-state index in [-0.39, 0.29) is 0 Å². The Morgan fingerprint density at radius 2 is 2.09 bits per heavy atom. The molecule has 1 saturated heterocycles. The minimum absolute atomic E-state index is 0.592. The van der Waals surface area contributed by atoms with E-state index in [2.05, 4.69) is 41.5 Å². The van der Waals surface area contributed by atoms with E-state index in [1.165, 1.54) is 18.6 Å². The minimum Gasteiger partial charge on any atom is -0.379 e. The first-order valence-electron chi connectivity index (χ1n) is 8.96. The van der Waals surface area contributed by atoms with E-state index in [1.54, 1.807) is 0 Å². The molecule has 0 aromatic rings. The van der Waals surface area contributed by atoms with Gasteiger partial charge in [-0.3, -0.25) is 10.3 Å². The molecule has 0 radical (unpaired) electrons. The van der Waals surface area contributed by atoms with Crippen molar-refractivity contribution in [3.63, 3.8) is 0 Å². The van der Waals surface area contributed by atoms with Crippen molar-refractivity contribution in [2.75, 3.05) is 39.4 Å². The van der Waals surface area contributed by atoms with Crippen LogP contribution < -0.4 is 10.7 Å². The van der Waals surface area contributed by atoms with Crippen molar-refractivity contribution in [2.24, 2.45) is 22.9 Å². The van der Waals surface area contributed by atoms with Gasteiger partial charge in [0.15, 0.2) is 5.11 Å². The number of morpholine rings is 1. The maximum absolute atomic E-state index is 5.35. The summed E-state index contributed by atoms with van der Waals surface area (Å²) in [5.74, 6) is 1.97. The molecule has 2 rings (SSSR count). The van der Waals surface area contributed by atoms with Crippen molar-refractivity contribution in [3.05, 3.63) is 0 Å². The summed E-state index contributed by atoms with van der Waals surface area (Å²) in [5.41, 5.74) is 4.35. The maximum atomic E-state index is 5.35. The molecule has 0 spiro atoms. The number of thiocarbonyl (C=S) groups is 1. The highest BCUT2D eigenvalue weighted by molar-refractivity contribution is 7.80. The van der Waals surface area contributed by atoms with Crippen LogP contribution in [0.25, 0.3) is 0 Å². The van der Waals surface area contributed by atoms with Crippen molar-refractivity contribution in [1.29, 1.82) is 0 Å². The van der Waals surface area contributed by atoms with E-state index < -0.39 is 0 Å². The molecule has 5 nitrogen and oxygen atoms in total. The number of rotatable bonds is 5. The lowest BCUT2D eigenvalue weighted by Gasteiger charge is -2.30. The van der Waals surface area contributed by atoms with Crippen LogP contribution in [0.3, 0.4) is 0 Å². The number of nitrogens with one attached hydrogen (secondary N) is 2. The molecule has 1 saturated carbocycles. The van der Waals surface area contributed by atoms with E-state index in [0.717, 1.165) is 51.7 Å². The van der Waals surface area contributed by atoms with Crippen LogP contribution in [-0.2, 0) is 4.74 Å². The lowest BCUT2D eigenvalue weighted by Crippen LogP contribution is -2.43. The van der Waals surface area contributed by atoms with Crippen LogP contribution in [0.1, 0.15) is 40.0 Å². The quantitative estimate of drug-likeness (QED) is 0.594. The topological polar surface area (TPSA) is 48.9 Å². The fraction of sp³-hybridized carbons (Fsp3) is 0.882. The predicted molar refractivity (Wildman–Crippen MR) is 99.8 cm³/mol. The summed E-state index contributed by atoms with van der Waals surface area (Å²) in [6, 6.07) is 0. The number of hydrogen-bond acceptors (Lipinski definition) is 4. The molecular formula is C17H32N4OS. The summed E-state index contributed by atoms with van der Waals surface area (Å²) < 4.78 is 5.35. The van der Waals surface area contributed by atoms with E-state index in [4.69, 9.17) is 17.0 Å². The molecule has 0 unspecified atom stereocenters. The fourth-order valence-electron chi connectivity index (χ4n) is 3.40. The van der Waals surface area contributed by atoms with Crippen LogP contribution in [0.15, 0.2) is 5.10 Å². The zero-order chi connectivity index (χ0) is 16.7. The van der Waals surface area contributed by atoms with E-state index in [0.29, 0.717) is 16.9 Å². The summed E-state index contributed by atoms with van der Waals surface area (Å²) in [6.45, 7) is 12.4. The number of nitrogens with zero attached hydrogens (tertiary/aromatic N) is 2. The van der Waals surface area contributed by atoms with Gasteiger partial charge in [0.2, 0.25) is 0 Å². The van der Waals surface area contributed by atoms with Crippen molar-refractivity contribution in [2.45, 2.75) is 40.0 Å². The maximum Gasteiger partial charge on any atom is 0.186 e. The number of ether oxygens (including phenoxy) is 1. The highest BCUT2D eigenvalue weighted by Gasteiger charge is 2.27. The highest BCUT2D eigenvalue weighted by atomic mass is 32.1. The van der Waals surface area contributed by atoms with Crippen molar-refractivity contribution in [1.82, 2.24) is 15.6 Å². The lowest BCUT2D eigenvalue weighted by atomic mass is 9.76. The van der Waals surface area contributed by atoms with Gasteiger partial charge in [-0.25, -0.2) is 0 Å². The van der Waals surface area contributed by atoms with Gasteiger partial charge in [0.05, 0.1) is 13.2 Å². The predicted octanol–water partition coefficient (Wildman–Crippen LogP) is 2.23. The molecule has 1 aliphatic carbocycles. The van der Waals surface area contributed by atoms with Gasteiger partial charge < -0.3 is 10.1 Å². The highest BCUT2D eigenvalue weighted by Crippen LogP contribution is 2.31. The van der Waals surface area contributed by atoms with Gasteiger partial charge in [-0.15, -0.1) is 0 Å². The van der Waals surface area contributed by atoms with Gasteiger partial charge in [-0.1, -0.05) is 20.8 Å². The molecule has 0 amide bonds. The average molecular weight is 341 g/mol. The molecule has 0 aromatic heterocycles. The smallest absolute Gasteiger partial charge is 0.186 e. The Morgan fingerprint density at radius 3 is 2.78 bits per heavy atom. The molecule has 1 aliphatic heterocycles. The fourth-order valence-corrected chi connectivity index (χ4v) is 3.55. The zero-order valence-corrected chi connectivity index (χ0v) is 15.6. The standard InChI is InChI=1S/C17H32N4OS/c1-13(2)15-5-4-14(3)12-16(15)19-20-17(23)18-6-7-21-8-10-22-11-9-21/h13-15H,4-12H2,1-3H3,(H2,18,20,23)/b19-16-/t14-,15-/m0/s1. The van der Waals surface area contributed by atoms with Gasteiger partial charge in [-0.05, 0) is 43.3 Å². The van der Waals surface area contributed by atoms with Crippen LogP contribution in [0.2, 0.25) is 0 Å². The Balaban J connectivity index is 1.72. The number of hydrazone groups is 1. The Bertz CT molecular complexity index is 407.